The van der Waals surface area contributed by atoms with Gasteiger partial charge in [0.1, 0.15) is 0 Å². The lowest BCUT2D eigenvalue weighted by Gasteiger charge is -2.34. The number of piperazine rings is 1. The SMILES string of the molecule is CCN1CCN(C(=O)NCC(C)(C)C)CC1. The van der Waals surface area contributed by atoms with Gasteiger partial charge in [-0.3, -0.25) is 0 Å². The minimum absolute atomic E-state index is 0.0886. The first-order chi connectivity index (χ1) is 7.42. The molecule has 0 saturated carbocycles. The molecule has 0 aromatic rings. The van der Waals surface area contributed by atoms with Gasteiger partial charge in [-0.05, 0) is 12.0 Å². The summed E-state index contributed by atoms with van der Waals surface area (Å²) in [5.74, 6) is 0. The molecule has 94 valence electrons. The van der Waals surface area contributed by atoms with Gasteiger partial charge in [0, 0.05) is 32.7 Å². The third kappa shape index (κ3) is 4.39. The maximum Gasteiger partial charge on any atom is 0.317 e. The van der Waals surface area contributed by atoms with Gasteiger partial charge in [0.2, 0.25) is 0 Å². The Hall–Kier alpha value is -0.770. The van der Waals surface area contributed by atoms with Gasteiger partial charge >= 0.3 is 6.03 Å². The first kappa shape index (κ1) is 13.3. The van der Waals surface area contributed by atoms with Crippen LogP contribution in [0.3, 0.4) is 0 Å². The molecule has 0 radical (unpaired) electrons. The summed E-state index contributed by atoms with van der Waals surface area (Å²) < 4.78 is 0. The average Bonchev–Trinajstić information content (AvgIpc) is 2.25. The van der Waals surface area contributed by atoms with Gasteiger partial charge in [0.05, 0.1) is 0 Å². The maximum absolute atomic E-state index is 11.8. The Bertz CT molecular complexity index is 227. The Morgan fingerprint density at radius 3 is 2.19 bits per heavy atom. The number of rotatable bonds is 2. The Labute approximate surface area is 99.0 Å². The fraction of sp³-hybridized carbons (Fsp3) is 0.917. The number of amides is 2. The fourth-order valence-electron chi connectivity index (χ4n) is 1.72. The first-order valence-corrected chi connectivity index (χ1v) is 6.17. The van der Waals surface area contributed by atoms with Gasteiger partial charge in [-0.2, -0.15) is 0 Å². The second-order valence-electron chi connectivity index (χ2n) is 5.64. The minimum atomic E-state index is 0.0886. The van der Waals surface area contributed by atoms with Gasteiger partial charge in [-0.25, -0.2) is 4.79 Å². The molecule has 1 aliphatic rings. The van der Waals surface area contributed by atoms with Crippen LogP contribution >= 0.6 is 0 Å². The van der Waals surface area contributed by atoms with Crippen molar-refractivity contribution >= 4 is 6.03 Å². The molecule has 0 aromatic heterocycles. The van der Waals surface area contributed by atoms with Gasteiger partial charge in [-0.1, -0.05) is 27.7 Å². The van der Waals surface area contributed by atoms with Crippen molar-refractivity contribution < 1.29 is 4.79 Å². The van der Waals surface area contributed by atoms with E-state index in [0.717, 1.165) is 39.3 Å². The lowest BCUT2D eigenvalue weighted by molar-refractivity contribution is 0.141. The van der Waals surface area contributed by atoms with E-state index in [1.54, 1.807) is 0 Å². The molecule has 0 aliphatic carbocycles. The number of hydrogen-bond donors (Lipinski definition) is 1. The van der Waals surface area contributed by atoms with E-state index in [2.05, 4.69) is 37.9 Å². The van der Waals surface area contributed by atoms with E-state index in [9.17, 15) is 4.79 Å². The number of nitrogens with one attached hydrogen (secondary N) is 1. The van der Waals surface area contributed by atoms with Crippen molar-refractivity contribution in [2.75, 3.05) is 39.3 Å². The van der Waals surface area contributed by atoms with Crippen molar-refractivity contribution in [1.29, 1.82) is 0 Å². The molecular formula is C12H25N3O. The summed E-state index contributed by atoms with van der Waals surface area (Å²) in [5, 5.41) is 2.99. The summed E-state index contributed by atoms with van der Waals surface area (Å²) in [7, 11) is 0. The van der Waals surface area contributed by atoms with Crippen LogP contribution in [0.25, 0.3) is 0 Å². The zero-order valence-electron chi connectivity index (χ0n) is 11.0. The van der Waals surface area contributed by atoms with E-state index in [4.69, 9.17) is 0 Å². The number of likely N-dealkylation sites (N-methyl/N-ethyl adjacent to an activating group) is 1. The molecule has 4 heteroatoms. The lowest BCUT2D eigenvalue weighted by Crippen LogP contribution is -2.52. The highest BCUT2D eigenvalue weighted by Crippen LogP contribution is 2.10. The minimum Gasteiger partial charge on any atom is -0.337 e. The van der Waals surface area contributed by atoms with E-state index >= 15 is 0 Å². The fourth-order valence-corrected chi connectivity index (χ4v) is 1.72. The molecule has 1 saturated heterocycles. The molecule has 1 N–H and O–H groups in total. The standard InChI is InChI=1S/C12H25N3O/c1-5-14-6-8-15(9-7-14)11(16)13-10-12(2,3)4/h5-10H2,1-4H3,(H,13,16). The Morgan fingerprint density at radius 2 is 1.75 bits per heavy atom. The molecule has 1 aliphatic heterocycles. The molecule has 2 amide bonds. The second-order valence-corrected chi connectivity index (χ2v) is 5.64. The van der Waals surface area contributed by atoms with E-state index in [0.29, 0.717) is 0 Å². The van der Waals surface area contributed by atoms with Crippen LogP contribution in [0, 0.1) is 5.41 Å². The summed E-state index contributed by atoms with van der Waals surface area (Å²) in [5.41, 5.74) is 0.154. The molecular weight excluding hydrogens is 202 g/mol. The van der Waals surface area contributed by atoms with Crippen LogP contribution in [0.5, 0.6) is 0 Å². The van der Waals surface area contributed by atoms with Gasteiger partial charge in [0.15, 0.2) is 0 Å². The van der Waals surface area contributed by atoms with E-state index < -0.39 is 0 Å². The molecule has 0 aromatic carbocycles. The molecule has 1 rings (SSSR count). The first-order valence-electron chi connectivity index (χ1n) is 6.17. The molecule has 0 atom stereocenters. The zero-order chi connectivity index (χ0) is 12.2. The number of nitrogens with zero attached hydrogens (tertiary/aromatic N) is 2. The molecule has 16 heavy (non-hydrogen) atoms. The van der Waals surface area contributed by atoms with Crippen molar-refractivity contribution in [3.05, 3.63) is 0 Å². The highest BCUT2D eigenvalue weighted by molar-refractivity contribution is 5.74. The molecule has 1 fully saturated rings. The van der Waals surface area contributed by atoms with Crippen molar-refractivity contribution in [3.8, 4) is 0 Å². The molecule has 4 nitrogen and oxygen atoms in total. The number of carbonyl (C=O) groups excluding carboxylic acids is 1. The summed E-state index contributed by atoms with van der Waals surface area (Å²) in [4.78, 5) is 16.1. The third-order valence-corrected chi connectivity index (χ3v) is 2.88. The Morgan fingerprint density at radius 1 is 1.19 bits per heavy atom. The van der Waals surface area contributed by atoms with Crippen LogP contribution in [-0.2, 0) is 0 Å². The van der Waals surface area contributed by atoms with Gasteiger partial charge < -0.3 is 15.1 Å². The van der Waals surface area contributed by atoms with Crippen LogP contribution in [0.4, 0.5) is 4.79 Å². The van der Waals surface area contributed by atoms with Crippen molar-refractivity contribution in [1.82, 2.24) is 15.1 Å². The molecule has 1 heterocycles. The van der Waals surface area contributed by atoms with Crippen LogP contribution in [0.15, 0.2) is 0 Å². The number of urea groups is 1. The van der Waals surface area contributed by atoms with E-state index in [1.165, 1.54) is 0 Å². The quantitative estimate of drug-likeness (QED) is 0.773. The van der Waals surface area contributed by atoms with Crippen LogP contribution in [-0.4, -0.2) is 55.1 Å². The van der Waals surface area contributed by atoms with Crippen molar-refractivity contribution in [3.63, 3.8) is 0 Å². The summed E-state index contributed by atoms with van der Waals surface area (Å²) in [6.07, 6.45) is 0. The third-order valence-electron chi connectivity index (χ3n) is 2.88. The van der Waals surface area contributed by atoms with Crippen molar-refractivity contribution in [2.24, 2.45) is 5.41 Å². The Kier molecular flexibility index (Phi) is 4.59. The summed E-state index contributed by atoms with van der Waals surface area (Å²) >= 11 is 0. The van der Waals surface area contributed by atoms with E-state index in [-0.39, 0.29) is 11.4 Å². The highest BCUT2D eigenvalue weighted by atomic mass is 16.2. The van der Waals surface area contributed by atoms with Crippen molar-refractivity contribution in [2.45, 2.75) is 27.7 Å². The number of hydrogen-bond acceptors (Lipinski definition) is 2. The average molecular weight is 227 g/mol. The normalized spacial score (nSPS) is 18.6. The largest absolute Gasteiger partial charge is 0.337 e. The molecule has 0 unspecified atom stereocenters. The second kappa shape index (κ2) is 5.53. The smallest absolute Gasteiger partial charge is 0.317 e. The van der Waals surface area contributed by atoms with Gasteiger partial charge in [0.25, 0.3) is 0 Å². The zero-order valence-corrected chi connectivity index (χ0v) is 11.0. The number of carbonyl (C=O) groups is 1. The van der Waals surface area contributed by atoms with Gasteiger partial charge in [-0.15, -0.1) is 0 Å². The van der Waals surface area contributed by atoms with E-state index in [1.807, 2.05) is 4.90 Å². The Balaban J connectivity index is 2.28. The maximum atomic E-state index is 11.8. The molecule has 0 bridgehead atoms. The van der Waals surface area contributed by atoms with Crippen LogP contribution in [0.2, 0.25) is 0 Å². The summed E-state index contributed by atoms with van der Waals surface area (Å²) in [6, 6.07) is 0.0886. The van der Waals surface area contributed by atoms with Crippen LogP contribution in [0.1, 0.15) is 27.7 Å². The summed E-state index contributed by atoms with van der Waals surface area (Å²) in [6.45, 7) is 14.1. The predicted molar refractivity (Wildman–Crippen MR) is 66.5 cm³/mol. The monoisotopic (exact) mass is 227 g/mol. The lowest BCUT2D eigenvalue weighted by atomic mass is 9.97. The highest BCUT2D eigenvalue weighted by Gasteiger charge is 2.21. The topological polar surface area (TPSA) is 35.6 Å². The predicted octanol–water partition coefficient (Wildman–Crippen LogP) is 1.38. The molecule has 0 spiro atoms. The van der Waals surface area contributed by atoms with Crippen LogP contribution < -0.4 is 5.32 Å².